The number of rotatable bonds is 2. The second-order valence-electron chi connectivity index (χ2n) is 4.58. The van der Waals surface area contributed by atoms with Crippen molar-refractivity contribution in [2.75, 3.05) is 0 Å². The second kappa shape index (κ2) is 3.41. The summed E-state index contributed by atoms with van der Waals surface area (Å²) in [6.07, 6.45) is 7.86. The van der Waals surface area contributed by atoms with Gasteiger partial charge in [-0.1, -0.05) is 25.7 Å². The van der Waals surface area contributed by atoms with Crippen LogP contribution in [0.25, 0.3) is 0 Å². The van der Waals surface area contributed by atoms with Gasteiger partial charge in [-0.15, -0.1) is 0 Å². The van der Waals surface area contributed by atoms with Crippen LogP contribution in [-0.2, 0) is 4.79 Å². The number of hydrogen-bond acceptors (Lipinski definition) is 2. The van der Waals surface area contributed by atoms with E-state index >= 15 is 0 Å². The van der Waals surface area contributed by atoms with Crippen molar-refractivity contribution in [3.05, 3.63) is 0 Å². The molecule has 0 aliphatic heterocycles. The maximum Gasteiger partial charge on any atom is 0.167 e. The molecule has 0 unspecified atom stereocenters. The molecule has 2 aliphatic carbocycles. The first-order valence-electron chi connectivity index (χ1n) is 5.49. The number of Topliss-reactive ketones (excluding diaryl/α,β-unsaturated/α-hetero) is 1. The van der Waals surface area contributed by atoms with Crippen LogP contribution in [-0.4, -0.2) is 16.5 Å². The van der Waals surface area contributed by atoms with Gasteiger partial charge in [0.25, 0.3) is 0 Å². The molecule has 1 N–H and O–H groups in total. The third-order valence-corrected chi connectivity index (χ3v) is 3.34. The summed E-state index contributed by atoms with van der Waals surface area (Å²) >= 11 is 0. The van der Waals surface area contributed by atoms with E-state index in [2.05, 4.69) is 0 Å². The van der Waals surface area contributed by atoms with Crippen molar-refractivity contribution in [2.24, 2.45) is 5.92 Å². The second-order valence-corrected chi connectivity index (χ2v) is 4.58. The molecule has 0 saturated heterocycles. The third kappa shape index (κ3) is 1.93. The lowest BCUT2D eigenvalue weighted by atomic mass is 9.87. The van der Waals surface area contributed by atoms with Crippen molar-refractivity contribution in [1.82, 2.24) is 0 Å². The Morgan fingerprint density at radius 3 is 2.08 bits per heavy atom. The Balaban J connectivity index is 2.02. The largest absolute Gasteiger partial charge is 0.382 e. The normalized spacial score (nSPS) is 28.1. The number of aliphatic hydroxyl groups is 1. The fourth-order valence-corrected chi connectivity index (χ4v) is 2.29. The zero-order chi connectivity index (χ0) is 9.31. The van der Waals surface area contributed by atoms with E-state index in [9.17, 15) is 9.90 Å². The molecule has 0 heterocycles. The van der Waals surface area contributed by atoms with Gasteiger partial charge >= 0.3 is 0 Å². The highest BCUT2D eigenvalue weighted by Gasteiger charge is 2.43. The summed E-state index contributed by atoms with van der Waals surface area (Å²) < 4.78 is 0. The van der Waals surface area contributed by atoms with E-state index in [4.69, 9.17) is 0 Å². The summed E-state index contributed by atoms with van der Waals surface area (Å²) in [4.78, 5) is 11.8. The van der Waals surface area contributed by atoms with Crippen LogP contribution < -0.4 is 0 Å². The predicted octanol–water partition coefficient (Wildman–Crippen LogP) is 2.05. The summed E-state index contributed by atoms with van der Waals surface area (Å²) in [5.41, 5.74) is -0.933. The average molecular weight is 182 g/mol. The van der Waals surface area contributed by atoms with Crippen molar-refractivity contribution < 1.29 is 9.90 Å². The van der Waals surface area contributed by atoms with Gasteiger partial charge in [-0.2, -0.15) is 0 Å². The minimum Gasteiger partial charge on any atom is -0.382 e. The number of hydrogen-bond donors (Lipinski definition) is 1. The zero-order valence-corrected chi connectivity index (χ0v) is 8.09. The van der Waals surface area contributed by atoms with Crippen molar-refractivity contribution in [3.63, 3.8) is 0 Å². The molecular formula is C11H18O2. The molecule has 2 fully saturated rings. The molecule has 0 spiro atoms. The van der Waals surface area contributed by atoms with Crippen LogP contribution in [0, 0.1) is 5.92 Å². The Hall–Kier alpha value is -0.370. The van der Waals surface area contributed by atoms with Crippen LogP contribution in [0.2, 0.25) is 0 Å². The third-order valence-electron chi connectivity index (χ3n) is 3.34. The topological polar surface area (TPSA) is 37.3 Å². The standard InChI is InChI=1S/C11H18O2/c12-10(9-5-6-9)11(13)7-3-1-2-4-8-11/h9,13H,1-8H2. The van der Waals surface area contributed by atoms with Crippen LogP contribution in [0.4, 0.5) is 0 Å². The van der Waals surface area contributed by atoms with Gasteiger partial charge in [0, 0.05) is 5.92 Å². The highest BCUT2D eigenvalue weighted by Crippen LogP contribution is 2.38. The van der Waals surface area contributed by atoms with Crippen molar-refractivity contribution in [3.8, 4) is 0 Å². The fraction of sp³-hybridized carbons (Fsp3) is 0.909. The van der Waals surface area contributed by atoms with Gasteiger partial charge in [0.15, 0.2) is 5.78 Å². The quantitative estimate of drug-likeness (QED) is 0.664. The SMILES string of the molecule is O=C(C1CC1)C1(O)CCCCCC1. The van der Waals surface area contributed by atoms with E-state index < -0.39 is 5.60 Å². The minimum atomic E-state index is -0.933. The first kappa shape index (κ1) is 9.20. The van der Waals surface area contributed by atoms with E-state index in [-0.39, 0.29) is 11.7 Å². The molecule has 0 radical (unpaired) electrons. The summed E-state index contributed by atoms with van der Waals surface area (Å²) in [6.45, 7) is 0. The van der Waals surface area contributed by atoms with Gasteiger partial charge in [0.05, 0.1) is 0 Å². The summed E-state index contributed by atoms with van der Waals surface area (Å²) in [5.74, 6) is 0.359. The van der Waals surface area contributed by atoms with Crippen LogP contribution in [0.1, 0.15) is 51.4 Å². The van der Waals surface area contributed by atoms with E-state index in [0.29, 0.717) is 12.8 Å². The van der Waals surface area contributed by atoms with Gasteiger partial charge in [-0.3, -0.25) is 4.79 Å². The monoisotopic (exact) mass is 182 g/mol. The first-order valence-corrected chi connectivity index (χ1v) is 5.49. The van der Waals surface area contributed by atoms with Crippen LogP contribution in [0.3, 0.4) is 0 Å². The molecule has 2 saturated carbocycles. The molecule has 2 heteroatoms. The molecule has 0 amide bonds. The Morgan fingerprint density at radius 2 is 1.62 bits per heavy atom. The maximum atomic E-state index is 11.8. The van der Waals surface area contributed by atoms with Crippen molar-refractivity contribution in [1.29, 1.82) is 0 Å². The van der Waals surface area contributed by atoms with Crippen LogP contribution in [0.15, 0.2) is 0 Å². The molecule has 13 heavy (non-hydrogen) atoms. The zero-order valence-electron chi connectivity index (χ0n) is 8.09. The average Bonchev–Trinajstić information content (AvgIpc) is 2.89. The van der Waals surface area contributed by atoms with E-state index in [0.717, 1.165) is 25.7 Å². The first-order chi connectivity index (χ1) is 6.22. The highest BCUT2D eigenvalue weighted by molar-refractivity contribution is 5.90. The summed E-state index contributed by atoms with van der Waals surface area (Å²) in [5, 5.41) is 10.2. The lowest BCUT2D eigenvalue weighted by Crippen LogP contribution is -2.39. The van der Waals surface area contributed by atoms with Gasteiger partial charge in [-0.25, -0.2) is 0 Å². The predicted molar refractivity (Wildman–Crippen MR) is 50.4 cm³/mol. The van der Waals surface area contributed by atoms with E-state index in [1.54, 1.807) is 0 Å². The number of carbonyl (C=O) groups excluding carboxylic acids is 1. The van der Waals surface area contributed by atoms with Gasteiger partial charge in [0.1, 0.15) is 5.60 Å². The maximum absolute atomic E-state index is 11.8. The minimum absolute atomic E-state index is 0.148. The Kier molecular flexibility index (Phi) is 2.41. The lowest BCUT2D eigenvalue weighted by molar-refractivity contribution is -0.140. The molecule has 2 nitrogen and oxygen atoms in total. The highest BCUT2D eigenvalue weighted by atomic mass is 16.3. The molecular weight excluding hydrogens is 164 g/mol. The molecule has 0 aromatic rings. The van der Waals surface area contributed by atoms with Gasteiger partial charge in [-0.05, 0) is 25.7 Å². The Morgan fingerprint density at radius 1 is 1.08 bits per heavy atom. The molecule has 0 aromatic heterocycles. The van der Waals surface area contributed by atoms with Gasteiger partial charge in [0.2, 0.25) is 0 Å². The van der Waals surface area contributed by atoms with Crippen LogP contribution >= 0.6 is 0 Å². The van der Waals surface area contributed by atoms with Crippen molar-refractivity contribution >= 4 is 5.78 Å². The molecule has 74 valence electrons. The van der Waals surface area contributed by atoms with Crippen LogP contribution in [0.5, 0.6) is 0 Å². The summed E-state index contributed by atoms with van der Waals surface area (Å²) in [6, 6.07) is 0. The van der Waals surface area contributed by atoms with Crippen molar-refractivity contribution in [2.45, 2.75) is 57.0 Å². The Labute approximate surface area is 79.3 Å². The summed E-state index contributed by atoms with van der Waals surface area (Å²) in [7, 11) is 0. The lowest BCUT2D eigenvalue weighted by Gasteiger charge is -2.24. The number of carbonyl (C=O) groups is 1. The number of ketones is 1. The van der Waals surface area contributed by atoms with Gasteiger partial charge < -0.3 is 5.11 Å². The molecule has 2 aliphatic rings. The molecule has 0 aromatic carbocycles. The van der Waals surface area contributed by atoms with E-state index in [1.165, 1.54) is 12.8 Å². The molecule has 0 atom stereocenters. The molecule has 0 bridgehead atoms. The van der Waals surface area contributed by atoms with E-state index in [1.807, 2.05) is 0 Å². The fourth-order valence-electron chi connectivity index (χ4n) is 2.29. The smallest absolute Gasteiger partial charge is 0.167 e. The Bertz CT molecular complexity index is 198. The molecule has 2 rings (SSSR count).